The van der Waals surface area contributed by atoms with E-state index in [1.165, 1.54) is 0 Å². The van der Waals surface area contributed by atoms with Crippen LogP contribution in [0.1, 0.15) is 36.6 Å². The number of carbonyl (C=O) groups is 1. The highest BCUT2D eigenvalue weighted by Gasteiger charge is 2.32. The zero-order valence-electron chi connectivity index (χ0n) is 14.0. The average molecular weight is 326 g/mol. The van der Waals surface area contributed by atoms with E-state index in [-0.39, 0.29) is 12.3 Å². The van der Waals surface area contributed by atoms with Gasteiger partial charge in [-0.1, -0.05) is 19.4 Å². The fourth-order valence-electron chi connectivity index (χ4n) is 2.64. The van der Waals surface area contributed by atoms with E-state index in [2.05, 4.69) is 27.2 Å². The lowest BCUT2D eigenvalue weighted by Gasteiger charge is -2.17. The van der Waals surface area contributed by atoms with Gasteiger partial charge >= 0.3 is 0 Å². The minimum atomic E-state index is -0.0164. The summed E-state index contributed by atoms with van der Waals surface area (Å²) in [5.74, 6) is 1.43. The van der Waals surface area contributed by atoms with E-state index in [0.29, 0.717) is 29.7 Å². The molecule has 3 rings (SSSR count). The molecule has 0 aliphatic carbocycles. The molecule has 2 aromatic heterocycles. The highest BCUT2D eigenvalue weighted by molar-refractivity contribution is 6.01. The first-order valence-corrected chi connectivity index (χ1v) is 8.20. The molecule has 0 saturated heterocycles. The third-order valence-corrected chi connectivity index (χ3v) is 4.03. The Morgan fingerprint density at radius 2 is 2.17 bits per heavy atom. The molecular formula is C17H22N6O. The van der Waals surface area contributed by atoms with Crippen LogP contribution in [0.2, 0.25) is 0 Å². The van der Waals surface area contributed by atoms with Gasteiger partial charge in [0.2, 0.25) is 11.9 Å². The van der Waals surface area contributed by atoms with Crippen LogP contribution in [-0.4, -0.2) is 27.4 Å². The van der Waals surface area contributed by atoms with Gasteiger partial charge < -0.3 is 11.1 Å². The number of nitrogens with one attached hydrogen (secondary N) is 1. The molecule has 0 bridgehead atoms. The maximum absolute atomic E-state index is 12.4. The number of rotatable bonds is 6. The van der Waals surface area contributed by atoms with Gasteiger partial charge in [-0.25, -0.2) is 0 Å². The quantitative estimate of drug-likeness (QED) is 0.789. The second-order valence-corrected chi connectivity index (χ2v) is 5.98. The number of pyridine rings is 1. The molecule has 0 radical (unpaired) electrons. The summed E-state index contributed by atoms with van der Waals surface area (Å²) in [6.07, 6.45) is 4.14. The van der Waals surface area contributed by atoms with Gasteiger partial charge in [0.05, 0.1) is 13.0 Å². The van der Waals surface area contributed by atoms with Crippen molar-refractivity contribution < 1.29 is 4.79 Å². The Morgan fingerprint density at radius 1 is 1.33 bits per heavy atom. The highest BCUT2D eigenvalue weighted by Crippen LogP contribution is 2.32. The number of hydrogen-bond acceptors (Lipinski definition) is 6. The van der Waals surface area contributed by atoms with Crippen molar-refractivity contribution >= 4 is 23.5 Å². The molecule has 0 spiro atoms. The SMILES string of the molecule is CCCCNc1nc(N)c2c(n1)N(Cc1ccc(C)nc1)C(=O)C2. The number of nitrogens with zero attached hydrogens (tertiary/aromatic N) is 4. The number of fused-ring (bicyclic) bond motifs is 1. The predicted octanol–water partition coefficient (Wildman–Crippen LogP) is 2.06. The number of nitrogen functional groups attached to an aromatic ring is 1. The first-order valence-electron chi connectivity index (χ1n) is 8.20. The van der Waals surface area contributed by atoms with Crippen LogP contribution < -0.4 is 16.0 Å². The molecule has 7 nitrogen and oxygen atoms in total. The maximum Gasteiger partial charge on any atom is 0.233 e. The van der Waals surface area contributed by atoms with Crippen molar-refractivity contribution in [2.24, 2.45) is 0 Å². The van der Waals surface area contributed by atoms with Crippen LogP contribution in [0.25, 0.3) is 0 Å². The van der Waals surface area contributed by atoms with E-state index < -0.39 is 0 Å². The molecule has 0 atom stereocenters. The molecule has 126 valence electrons. The maximum atomic E-state index is 12.4. The lowest BCUT2D eigenvalue weighted by molar-refractivity contribution is -0.117. The summed E-state index contributed by atoms with van der Waals surface area (Å²) in [5.41, 5.74) is 8.64. The summed E-state index contributed by atoms with van der Waals surface area (Å²) < 4.78 is 0. The standard InChI is InChI=1S/C17H22N6O/c1-3-4-7-19-17-21-15(18)13-8-14(24)23(16(13)22-17)10-12-6-5-11(2)20-9-12/h5-6,9H,3-4,7-8,10H2,1-2H3,(H3,18,19,21,22). The molecule has 24 heavy (non-hydrogen) atoms. The molecule has 0 saturated carbocycles. The van der Waals surface area contributed by atoms with Crippen LogP contribution >= 0.6 is 0 Å². The van der Waals surface area contributed by atoms with Crippen molar-refractivity contribution in [2.45, 2.75) is 39.7 Å². The van der Waals surface area contributed by atoms with Crippen LogP contribution in [0, 0.1) is 6.92 Å². The van der Waals surface area contributed by atoms with Gasteiger partial charge in [-0.2, -0.15) is 9.97 Å². The number of carbonyl (C=O) groups excluding carboxylic acids is 1. The number of hydrogen-bond donors (Lipinski definition) is 2. The molecule has 0 aromatic carbocycles. The largest absolute Gasteiger partial charge is 0.383 e. The topological polar surface area (TPSA) is 97.0 Å². The fourth-order valence-corrected chi connectivity index (χ4v) is 2.64. The summed E-state index contributed by atoms with van der Waals surface area (Å²) in [6.45, 7) is 5.27. The zero-order valence-corrected chi connectivity index (χ0v) is 14.0. The highest BCUT2D eigenvalue weighted by atomic mass is 16.2. The molecule has 3 N–H and O–H groups in total. The van der Waals surface area contributed by atoms with E-state index in [0.717, 1.165) is 30.6 Å². The lowest BCUT2D eigenvalue weighted by Crippen LogP contribution is -2.27. The number of aryl methyl sites for hydroxylation is 1. The van der Waals surface area contributed by atoms with Crippen LogP contribution in [0.4, 0.5) is 17.6 Å². The summed E-state index contributed by atoms with van der Waals surface area (Å²) in [4.78, 5) is 27.1. The van der Waals surface area contributed by atoms with E-state index in [4.69, 9.17) is 5.73 Å². The zero-order chi connectivity index (χ0) is 17.1. The van der Waals surface area contributed by atoms with Crippen molar-refractivity contribution in [2.75, 3.05) is 22.5 Å². The van der Waals surface area contributed by atoms with Gasteiger partial charge in [-0.3, -0.25) is 14.7 Å². The van der Waals surface area contributed by atoms with Gasteiger partial charge in [0.1, 0.15) is 11.6 Å². The first kappa shape index (κ1) is 16.2. The Bertz CT molecular complexity index is 743. The Balaban J connectivity index is 1.85. The average Bonchev–Trinajstić information content (AvgIpc) is 2.87. The summed E-state index contributed by atoms with van der Waals surface area (Å²) in [6, 6.07) is 3.90. The van der Waals surface area contributed by atoms with Crippen molar-refractivity contribution in [3.8, 4) is 0 Å². The fraction of sp³-hybridized carbons (Fsp3) is 0.412. The van der Waals surface area contributed by atoms with E-state index in [1.54, 1.807) is 11.1 Å². The van der Waals surface area contributed by atoms with Crippen LogP contribution in [0.5, 0.6) is 0 Å². The third kappa shape index (κ3) is 3.29. The van der Waals surface area contributed by atoms with Crippen LogP contribution in [-0.2, 0) is 17.8 Å². The molecule has 1 amide bonds. The Hall–Kier alpha value is -2.70. The molecule has 0 unspecified atom stereocenters. The second kappa shape index (κ2) is 6.82. The van der Waals surface area contributed by atoms with E-state index in [1.807, 2.05) is 19.1 Å². The van der Waals surface area contributed by atoms with Gasteiger partial charge in [-0.15, -0.1) is 0 Å². The number of anilines is 3. The normalized spacial score (nSPS) is 13.2. The summed E-state index contributed by atoms with van der Waals surface area (Å²) in [7, 11) is 0. The van der Waals surface area contributed by atoms with Crippen LogP contribution in [0.15, 0.2) is 18.3 Å². The molecule has 7 heteroatoms. The molecule has 1 aliphatic rings. The minimum absolute atomic E-state index is 0.0164. The van der Waals surface area contributed by atoms with E-state index >= 15 is 0 Å². The van der Waals surface area contributed by atoms with Gasteiger partial charge in [0.25, 0.3) is 0 Å². The van der Waals surface area contributed by atoms with Gasteiger partial charge in [0, 0.05) is 24.0 Å². The number of amides is 1. The van der Waals surface area contributed by atoms with Crippen molar-refractivity contribution in [3.63, 3.8) is 0 Å². The summed E-state index contributed by atoms with van der Waals surface area (Å²) >= 11 is 0. The molecule has 0 fully saturated rings. The first-order chi connectivity index (χ1) is 11.6. The monoisotopic (exact) mass is 326 g/mol. The predicted molar refractivity (Wildman–Crippen MR) is 93.7 cm³/mol. The Labute approximate surface area is 141 Å². The number of nitrogens with two attached hydrogens (primary N) is 1. The van der Waals surface area contributed by atoms with Gasteiger partial charge in [-0.05, 0) is 25.0 Å². The smallest absolute Gasteiger partial charge is 0.233 e. The Morgan fingerprint density at radius 3 is 2.88 bits per heavy atom. The lowest BCUT2D eigenvalue weighted by atomic mass is 10.2. The van der Waals surface area contributed by atoms with Crippen molar-refractivity contribution in [1.29, 1.82) is 0 Å². The second-order valence-electron chi connectivity index (χ2n) is 5.98. The number of aromatic nitrogens is 3. The van der Waals surface area contributed by atoms with Crippen molar-refractivity contribution in [1.82, 2.24) is 15.0 Å². The Kier molecular flexibility index (Phi) is 4.59. The van der Waals surface area contributed by atoms with Gasteiger partial charge in [0.15, 0.2) is 0 Å². The third-order valence-electron chi connectivity index (χ3n) is 4.03. The van der Waals surface area contributed by atoms with Crippen molar-refractivity contribution in [3.05, 3.63) is 35.2 Å². The number of unbranched alkanes of at least 4 members (excludes halogenated alkanes) is 1. The van der Waals surface area contributed by atoms with E-state index in [9.17, 15) is 4.79 Å². The molecular weight excluding hydrogens is 304 g/mol. The molecule has 2 aromatic rings. The van der Waals surface area contributed by atoms with Crippen LogP contribution in [0.3, 0.4) is 0 Å². The molecule has 3 heterocycles. The summed E-state index contributed by atoms with van der Waals surface area (Å²) in [5, 5.41) is 3.17. The minimum Gasteiger partial charge on any atom is -0.383 e. The molecule has 1 aliphatic heterocycles.